The van der Waals surface area contributed by atoms with Crippen LogP contribution in [0, 0.1) is 5.82 Å². The highest BCUT2D eigenvalue weighted by Crippen LogP contribution is 2.29. The van der Waals surface area contributed by atoms with Gasteiger partial charge in [0.25, 0.3) is 11.8 Å². The second kappa shape index (κ2) is 6.32. The van der Waals surface area contributed by atoms with Gasteiger partial charge >= 0.3 is 0 Å². The summed E-state index contributed by atoms with van der Waals surface area (Å²) in [7, 11) is 0. The van der Waals surface area contributed by atoms with Crippen LogP contribution in [0.15, 0.2) is 54.9 Å². The van der Waals surface area contributed by atoms with Crippen molar-refractivity contribution in [2.75, 3.05) is 17.2 Å². The lowest BCUT2D eigenvalue weighted by atomic mass is 10.1. The van der Waals surface area contributed by atoms with Gasteiger partial charge in [-0.05, 0) is 42.5 Å². The van der Waals surface area contributed by atoms with Gasteiger partial charge in [0.15, 0.2) is 12.4 Å². The zero-order chi connectivity index (χ0) is 18.1. The lowest BCUT2D eigenvalue weighted by Crippen LogP contribution is -2.25. The van der Waals surface area contributed by atoms with E-state index >= 15 is 0 Å². The molecular formula is C18H13FN4O3. The first kappa shape index (κ1) is 15.8. The summed E-state index contributed by atoms with van der Waals surface area (Å²) < 4.78 is 20.9. The maximum absolute atomic E-state index is 14.3. The molecule has 0 atom stereocenters. The average molecular weight is 352 g/mol. The van der Waals surface area contributed by atoms with Crippen LogP contribution in [-0.4, -0.2) is 28.2 Å². The van der Waals surface area contributed by atoms with E-state index in [2.05, 4.69) is 15.7 Å². The van der Waals surface area contributed by atoms with Crippen LogP contribution in [0.2, 0.25) is 0 Å². The van der Waals surface area contributed by atoms with Crippen molar-refractivity contribution in [3.8, 4) is 11.4 Å². The lowest BCUT2D eigenvalue weighted by Gasteiger charge is -2.18. The minimum Gasteiger partial charge on any atom is -0.482 e. The van der Waals surface area contributed by atoms with Crippen molar-refractivity contribution in [3.05, 3.63) is 66.2 Å². The topological polar surface area (TPSA) is 85.2 Å². The molecule has 2 N–H and O–H groups in total. The van der Waals surface area contributed by atoms with E-state index in [0.717, 1.165) is 0 Å². The van der Waals surface area contributed by atoms with Crippen molar-refractivity contribution in [2.24, 2.45) is 0 Å². The van der Waals surface area contributed by atoms with E-state index < -0.39 is 11.7 Å². The number of benzene rings is 2. The molecule has 0 saturated carbocycles. The Morgan fingerprint density at radius 1 is 1.27 bits per heavy atom. The molecule has 26 heavy (non-hydrogen) atoms. The second-order valence-corrected chi connectivity index (χ2v) is 5.62. The molecule has 2 aromatic carbocycles. The molecule has 0 bridgehead atoms. The third-order valence-electron chi connectivity index (χ3n) is 3.83. The summed E-state index contributed by atoms with van der Waals surface area (Å²) in [6, 6.07) is 10.7. The van der Waals surface area contributed by atoms with Crippen molar-refractivity contribution in [1.29, 1.82) is 0 Å². The van der Waals surface area contributed by atoms with Crippen molar-refractivity contribution < 1.29 is 18.7 Å². The van der Waals surface area contributed by atoms with Crippen molar-refractivity contribution in [1.82, 2.24) is 9.78 Å². The molecule has 2 heterocycles. The van der Waals surface area contributed by atoms with Crippen LogP contribution in [-0.2, 0) is 4.79 Å². The number of fused-ring (bicyclic) bond motifs is 1. The Balaban J connectivity index is 1.54. The van der Waals surface area contributed by atoms with Gasteiger partial charge in [-0.1, -0.05) is 0 Å². The van der Waals surface area contributed by atoms with Gasteiger partial charge in [0.1, 0.15) is 11.4 Å². The predicted molar refractivity (Wildman–Crippen MR) is 92.0 cm³/mol. The standard InChI is InChI=1S/C18H13FN4O3/c19-13-9-12(3-4-15(13)23-7-1-6-20-23)21-18(25)11-2-5-16-14(8-11)22-17(24)10-26-16/h1-9H,10H2,(H,21,25)(H,22,24). The third kappa shape index (κ3) is 3.00. The molecule has 3 aromatic rings. The molecule has 8 heteroatoms. The van der Waals surface area contributed by atoms with Gasteiger partial charge in [-0.15, -0.1) is 0 Å². The zero-order valence-corrected chi connectivity index (χ0v) is 13.4. The number of anilines is 2. The summed E-state index contributed by atoms with van der Waals surface area (Å²) in [4.78, 5) is 23.8. The van der Waals surface area contributed by atoms with Crippen LogP contribution >= 0.6 is 0 Å². The van der Waals surface area contributed by atoms with Crippen LogP contribution in [0.5, 0.6) is 5.75 Å². The molecule has 7 nitrogen and oxygen atoms in total. The van der Waals surface area contributed by atoms with Crippen LogP contribution in [0.3, 0.4) is 0 Å². The Kier molecular flexibility index (Phi) is 3.85. The Bertz CT molecular complexity index is 1000. The first-order valence-corrected chi connectivity index (χ1v) is 7.78. The summed E-state index contributed by atoms with van der Waals surface area (Å²) >= 11 is 0. The number of aromatic nitrogens is 2. The van der Waals surface area contributed by atoms with Gasteiger partial charge in [-0.2, -0.15) is 5.10 Å². The number of carbonyl (C=O) groups excluding carboxylic acids is 2. The highest BCUT2D eigenvalue weighted by atomic mass is 19.1. The van der Waals surface area contributed by atoms with E-state index in [0.29, 0.717) is 22.7 Å². The molecule has 1 aliphatic rings. The Morgan fingerprint density at radius 2 is 2.15 bits per heavy atom. The fourth-order valence-corrected chi connectivity index (χ4v) is 2.61. The van der Waals surface area contributed by atoms with E-state index in [4.69, 9.17) is 4.74 Å². The zero-order valence-electron chi connectivity index (χ0n) is 13.4. The Labute approximate surface area is 147 Å². The molecule has 0 spiro atoms. The SMILES string of the molecule is O=C1COc2ccc(C(=O)Nc3ccc(-n4cccn4)c(F)c3)cc2N1. The molecular weight excluding hydrogens is 339 g/mol. The van der Waals surface area contributed by atoms with Gasteiger partial charge < -0.3 is 15.4 Å². The second-order valence-electron chi connectivity index (χ2n) is 5.62. The van der Waals surface area contributed by atoms with E-state index in [1.165, 1.54) is 22.9 Å². The lowest BCUT2D eigenvalue weighted by molar-refractivity contribution is -0.118. The van der Waals surface area contributed by atoms with Gasteiger partial charge in [0, 0.05) is 23.6 Å². The van der Waals surface area contributed by atoms with Gasteiger partial charge in [-0.3, -0.25) is 9.59 Å². The molecule has 1 aromatic heterocycles. The summed E-state index contributed by atoms with van der Waals surface area (Å²) in [5, 5.41) is 9.24. The summed E-state index contributed by atoms with van der Waals surface area (Å²) in [6.45, 7) is -0.0551. The maximum Gasteiger partial charge on any atom is 0.262 e. The number of nitrogens with one attached hydrogen (secondary N) is 2. The molecule has 0 radical (unpaired) electrons. The number of carbonyl (C=O) groups is 2. The number of hydrogen-bond donors (Lipinski definition) is 2. The number of hydrogen-bond acceptors (Lipinski definition) is 4. The van der Waals surface area contributed by atoms with Crippen LogP contribution in [0.25, 0.3) is 5.69 Å². The Hall–Kier alpha value is -3.68. The molecule has 0 saturated heterocycles. The maximum atomic E-state index is 14.3. The molecule has 1 aliphatic heterocycles. The normalized spacial score (nSPS) is 12.7. The number of nitrogens with zero attached hydrogens (tertiary/aromatic N) is 2. The van der Waals surface area contributed by atoms with Crippen molar-refractivity contribution >= 4 is 23.2 Å². The smallest absolute Gasteiger partial charge is 0.262 e. The molecule has 0 aliphatic carbocycles. The minimum absolute atomic E-state index is 0.0551. The fourth-order valence-electron chi connectivity index (χ4n) is 2.61. The number of rotatable bonds is 3. The number of ether oxygens (including phenoxy) is 1. The van der Waals surface area contributed by atoms with E-state index in [1.54, 1.807) is 36.7 Å². The molecule has 0 unspecified atom stereocenters. The van der Waals surface area contributed by atoms with Crippen molar-refractivity contribution in [2.45, 2.75) is 0 Å². The fraction of sp³-hybridized carbons (Fsp3) is 0.0556. The predicted octanol–water partition coefficient (Wildman–Crippen LogP) is 2.59. The Morgan fingerprint density at radius 3 is 2.92 bits per heavy atom. The first-order chi connectivity index (χ1) is 12.6. The van der Waals surface area contributed by atoms with E-state index in [1.807, 2.05) is 0 Å². The minimum atomic E-state index is -0.516. The largest absolute Gasteiger partial charge is 0.482 e. The van der Waals surface area contributed by atoms with E-state index in [9.17, 15) is 14.0 Å². The highest BCUT2D eigenvalue weighted by molar-refractivity contribution is 6.06. The summed E-state index contributed by atoms with van der Waals surface area (Å²) in [5.41, 5.74) is 1.32. The average Bonchev–Trinajstić information content (AvgIpc) is 3.15. The highest BCUT2D eigenvalue weighted by Gasteiger charge is 2.18. The third-order valence-corrected chi connectivity index (χ3v) is 3.83. The van der Waals surface area contributed by atoms with Crippen LogP contribution in [0.1, 0.15) is 10.4 Å². The number of halogens is 1. The van der Waals surface area contributed by atoms with Crippen molar-refractivity contribution in [3.63, 3.8) is 0 Å². The summed E-state index contributed by atoms with van der Waals surface area (Å²) in [5.74, 6) is -0.737. The molecule has 0 fully saturated rings. The van der Waals surface area contributed by atoms with Crippen LogP contribution < -0.4 is 15.4 Å². The first-order valence-electron chi connectivity index (χ1n) is 7.78. The number of amides is 2. The van der Waals surface area contributed by atoms with Crippen LogP contribution in [0.4, 0.5) is 15.8 Å². The van der Waals surface area contributed by atoms with Gasteiger partial charge in [-0.25, -0.2) is 9.07 Å². The van der Waals surface area contributed by atoms with E-state index in [-0.39, 0.29) is 18.2 Å². The quantitative estimate of drug-likeness (QED) is 0.759. The molecule has 130 valence electrons. The molecule has 4 rings (SSSR count). The van der Waals surface area contributed by atoms with Gasteiger partial charge in [0.2, 0.25) is 0 Å². The summed E-state index contributed by atoms with van der Waals surface area (Å²) in [6.07, 6.45) is 3.17. The van der Waals surface area contributed by atoms with Gasteiger partial charge in [0.05, 0.1) is 5.69 Å². The molecule has 2 amide bonds. The monoisotopic (exact) mass is 352 g/mol.